The molecule has 0 spiro atoms. The Balaban J connectivity index is 1.76. The summed E-state index contributed by atoms with van der Waals surface area (Å²) in [6.07, 6.45) is 0.0927. The van der Waals surface area contributed by atoms with Crippen LogP contribution in [0.5, 0.6) is 5.75 Å². The molecule has 0 amide bonds. The second-order valence-electron chi connectivity index (χ2n) is 6.05. The third-order valence-corrected chi connectivity index (χ3v) is 6.24. The van der Waals surface area contributed by atoms with Gasteiger partial charge in [0, 0.05) is 25.4 Å². The van der Waals surface area contributed by atoms with Gasteiger partial charge in [-0.25, -0.2) is 12.8 Å². The van der Waals surface area contributed by atoms with E-state index in [9.17, 15) is 17.6 Å². The molecule has 1 unspecified atom stereocenters. The van der Waals surface area contributed by atoms with E-state index in [1.807, 2.05) is 0 Å². The Hall–Kier alpha value is -2.19. The minimum atomic E-state index is -3.91. The van der Waals surface area contributed by atoms with E-state index in [2.05, 4.69) is 0 Å². The van der Waals surface area contributed by atoms with Crippen molar-refractivity contribution in [3.63, 3.8) is 0 Å². The molecule has 1 aliphatic heterocycles. The number of ether oxygens (including phenoxy) is 1. The van der Waals surface area contributed by atoms with Crippen molar-refractivity contribution < 1.29 is 17.5 Å². The predicted molar refractivity (Wildman–Crippen MR) is 90.6 cm³/mol. The van der Waals surface area contributed by atoms with E-state index in [1.165, 1.54) is 33.1 Å². The molecule has 0 aliphatic carbocycles. The maximum absolute atomic E-state index is 13.8. The highest BCUT2D eigenvalue weighted by Crippen LogP contribution is 2.25. The van der Waals surface area contributed by atoms with Crippen LogP contribution in [0.2, 0.25) is 0 Å². The van der Waals surface area contributed by atoms with E-state index in [4.69, 9.17) is 4.74 Å². The first-order valence-electron chi connectivity index (χ1n) is 7.88. The number of nitrogens with zero attached hydrogens (tertiary/aromatic N) is 2. The summed E-state index contributed by atoms with van der Waals surface area (Å²) in [6, 6.07) is 8.42. The summed E-state index contributed by atoms with van der Waals surface area (Å²) in [5, 5.41) is 0. The summed E-state index contributed by atoms with van der Waals surface area (Å²) in [6.45, 7) is 2.15. The van der Waals surface area contributed by atoms with Crippen LogP contribution in [0.3, 0.4) is 0 Å². The highest BCUT2D eigenvalue weighted by Gasteiger charge is 2.35. The van der Waals surface area contributed by atoms with Crippen LogP contribution in [-0.2, 0) is 17.1 Å². The van der Waals surface area contributed by atoms with Crippen LogP contribution in [0.4, 0.5) is 4.39 Å². The maximum atomic E-state index is 13.8. The second-order valence-corrected chi connectivity index (χ2v) is 7.96. The van der Waals surface area contributed by atoms with Crippen molar-refractivity contribution in [3.05, 3.63) is 58.3 Å². The standard InChI is InChI=1S/C17H19FN2O4S/c1-12-9-14(10-17(21)19(12)2)24-13-7-8-20(11-13)25(22,23)16-6-4-3-5-15(16)18/h3-6,9-10,13H,7-8,11H2,1-2H3. The smallest absolute Gasteiger partial charge is 0.254 e. The molecule has 0 saturated carbocycles. The van der Waals surface area contributed by atoms with Gasteiger partial charge in [0.25, 0.3) is 5.56 Å². The topological polar surface area (TPSA) is 68.6 Å². The average molecular weight is 366 g/mol. The summed E-state index contributed by atoms with van der Waals surface area (Å²) in [5.74, 6) is -0.357. The molecule has 1 atom stereocenters. The molecule has 1 aromatic carbocycles. The summed E-state index contributed by atoms with van der Waals surface area (Å²) >= 11 is 0. The number of aryl methyl sites for hydroxylation is 1. The number of aromatic nitrogens is 1. The van der Waals surface area contributed by atoms with Crippen molar-refractivity contribution in [2.45, 2.75) is 24.3 Å². The third kappa shape index (κ3) is 3.45. The van der Waals surface area contributed by atoms with E-state index in [-0.39, 0.29) is 29.6 Å². The third-order valence-electron chi connectivity index (χ3n) is 4.34. The molecular weight excluding hydrogens is 347 g/mol. The van der Waals surface area contributed by atoms with Crippen LogP contribution in [0.15, 0.2) is 46.1 Å². The summed E-state index contributed by atoms with van der Waals surface area (Å²) in [7, 11) is -2.24. The Morgan fingerprint density at radius 2 is 1.96 bits per heavy atom. The maximum Gasteiger partial charge on any atom is 0.254 e. The molecule has 134 valence electrons. The zero-order valence-corrected chi connectivity index (χ0v) is 14.8. The monoisotopic (exact) mass is 366 g/mol. The largest absolute Gasteiger partial charge is 0.489 e. The van der Waals surface area contributed by atoms with Gasteiger partial charge in [-0.2, -0.15) is 4.31 Å². The van der Waals surface area contributed by atoms with Gasteiger partial charge in [-0.3, -0.25) is 4.79 Å². The lowest BCUT2D eigenvalue weighted by atomic mass is 10.3. The highest BCUT2D eigenvalue weighted by molar-refractivity contribution is 7.89. The molecule has 0 N–H and O–H groups in total. The number of hydrogen-bond donors (Lipinski definition) is 0. The summed E-state index contributed by atoms with van der Waals surface area (Å²) < 4.78 is 47.5. The normalized spacial score (nSPS) is 18.4. The van der Waals surface area contributed by atoms with Gasteiger partial charge in [0.1, 0.15) is 22.6 Å². The number of pyridine rings is 1. The molecule has 2 heterocycles. The summed E-state index contributed by atoms with van der Waals surface area (Å²) in [4.78, 5) is 11.5. The minimum Gasteiger partial charge on any atom is -0.489 e. The molecule has 6 nitrogen and oxygen atoms in total. The second kappa shape index (κ2) is 6.61. The first-order chi connectivity index (χ1) is 11.8. The van der Waals surface area contributed by atoms with Crippen LogP contribution in [0.1, 0.15) is 12.1 Å². The average Bonchev–Trinajstić information content (AvgIpc) is 3.02. The Morgan fingerprint density at radius 1 is 1.24 bits per heavy atom. The lowest BCUT2D eigenvalue weighted by molar-refractivity contribution is 0.214. The molecule has 1 fully saturated rings. The van der Waals surface area contributed by atoms with Gasteiger partial charge < -0.3 is 9.30 Å². The fourth-order valence-corrected chi connectivity index (χ4v) is 4.35. The molecule has 3 rings (SSSR count). The van der Waals surface area contributed by atoms with Crippen LogP contribution < -0.4 is 10.3 Å². The van der Waals surface area contributed by atoms with Gasteiger partial charge >= 0.3 is 0 Å². The molecular formula is C17H19FN2O4S. The zero-order chi connectivity index (χ0) is 18.2. The fraction of sp³-hybridized carbons (Fsp3) is 0.353. The Labute approximate surface area is 145 Å². The van der Waals surface area contributed by atoms with Gasteiger partial charge in [-0.1, -0.05) is 12.1 Å². The number of rotatable bonds is 4. The Morgan fingerprint density at radius 3 is 2.64 bits per heavy atom. The zero-order valence-electron chi connectivity index (χ0n) is 14.0. The molecule has 25 heavy (non-hydrogen) atoms. The SMILES string of the molecule is Cc1cc(OC2CCN(S(=O)(=O)c3ccccc3F)C2)cc(=O)n1C. The van der Waals surface area contributed by atoms with Gasteiger partial charge in [0.05, 0.1) is 6.54 Å². The van der Waals surface area contributed by atoms with Crippen molar-refractivity contribution >= 4 is 10.0 Å². The van der Waals surface area contributed by atoms with Crippen molar-refractivity contribution in [2.75, 3.05) is 13.1 Å². The van der Waals surface area contributed by atoms with Gasteiger partial charge in [-0.15, -0.1) is 0 Å². The van der Waals surface area contributed by atoms with Crippen LogP contribution >= 0.6 is 0 Å². The fourth-order valence-electron chi connectivity index (χ4n) is 2.80. The van der Waals surface area contributed by atoms with Crippen molar-refractivity contribution in [3.8, 4) is 5.75 Å². The molecule has 1 saturated heterocycles. The minimum absolute atomic E-state index is 0.116. The molecule has 1 aromatic heterocycles. The first kappa shape index (κ1) is 17.6. The van der Waals surface area contributed by atoms with Gasteiger partial charge in [0.15, 0.2) is 0 Å². The molecule has 2 aromatic rings. The van der Waals surface area contributed by atoms with E-state index in [1.54, 1.807) is 20.0 Å². The lowest BCUT2D eigenvalue weighted by Gasteiger charge is -2.18. The van der Waals surface area contributed by atoms with E-state index < -0.39 is 15.8 Å². The van der Waals surface area contributed by atoms with Crippen LogP contribution in [0.25, 0.3) is 0 Å². The molecule has 0 bridgehead atoms. The number of hydrogen-bond acceptors (Lipinski definition) is 4. The Bertz CT molecular complexity index is 955. The van der Waals surface area contributed by atoms with Gasteiger partial charge in [0.2, 0.25) is 10.0 Å². The number of halogens is 1. The van der Waals surface area contributed by atoms with E-state index in [0.29, 0.717) is 12.2 Å². The summed E-state index contributed by atoms with van der Waals surface area (Å²) in [5.41, 5.74) is 0.556. The van der Waals surface area contributed by atoms with Crippen LogP contribution in [0, 0.1) is 12.7 Å². The molecule has 0 radical (unpaired) electrons. The number of sulfonamides is 1. The van der Waals surface area contributed by atoms with E-state index in [0.717, 1.165) is 11.8 Å². The lowest BCUT2D eigenvalue weighted by Crippen LogP contribution is -2.31. The number of benzene rings is 1. The Kier molecular flexibility index (Phi) is 4.66. The molecule has 8 heteroatoms. The van der Waals surface area contributed by atoms with Crippen LogP contribution in [-0.4, -0.2) is 36.5 Å². The van der Waals surface area contributed by atoms with E-state index >= 15 is 0 Å². The highest BCUT2D eigenvalue weighted by atomic mass is 32.2. The first-order valence-corrected chi connectivity index (χ1v) is 9.32. The molecule has 1 aliphatic rings. The quantitative estimate of drug-likeness (QED) is 0.826. The van der Waals surface area contributed by atoms with Crippen molar-refractivity contribution in [1.29, 1.82) is 0 Å². The van der Waals surface area contributed by atoms with Crippen molar-refractivity contribution in [1.82, 2.24) is 8.87 Å². The van der Waals surface area contributed by atoms with Gasteiger partial charge in [-0.05, 0) is 31.5 Å². The van der Waals surface area contributed by atoms with Crippen molar-refractivity contribution in [2.24, 2.45) is 7.05 Å². The predicted octanol–water partition coefficient (Wildman–Crippen LogP) is 1.67.